The molecule has 1 saturated carbocycles. The number of aliphatic carboxylic acids is 1. The Morgan fingerprint density at radius 1 is 1.42 bits per heavy atom. The van der Waals surface area contributed by atoms with Crippen LogP contribution in [0.1, 0.15) is 25.7 Å². The van der Waals surface area contributed by atoms with Crippen LogP contribution in [0, 0.1) is 17.8 Å². The number of carboxylic acid groups (broad SMARTS) is 1. The van der Waals surface area contributed by atoms with E-state index in [1.807, 2.05) is 0 Å². The van der Waals surface area contributed by atoms with Gasteiger partial charge in [-0.15, -0.1) is 0 Å². The highest BCUT2D eigenvalue weighted by atomic mass is 16.4. The molecule has 0 aromatic rings. The van der Waals surface area contributed by atoms with Crippen LogP contribution in [0.5, 0.6) is 0 Å². The Kier molecular flexibility index (Phi) is 1.91. The second-order valence-electron chi connectivity index (χ2n) is 3.82. The highest BCUT2D eigenvalue weighted by molar-refractivity contribution is 5.74. The fraction of sp³-hybridized carbons (Fsp3) is 0.700. The lowest BCUT2D eigenvalue weighted by Gasteiger charge is -1.99. The Labute approximate surface area is 72.3 Å². The quantitative estimate of drug-likeness (QED) is 0.605. The average molecular weight is 166 g/mol. The first kappa shape index (κ1) is 7.84. The topological polar surface area (TPSA) is 37.3 Å². The summed E-state index contributed by atoms with van der Waals surface area (Å²) in [7, 11) is 0. The van der Waals surface area contributed by atoms with Crippen molar-refractivity contribution in [3.05, 3.63) is 12.2 Å². The SMILES string of the molecule is O=C(O)[C@@H]1[C@H]2C=CCCCC[C@H]21. The molecule has 2 nitrogen and oxygen atoms in total. The van der Waals surface area contributed by atoms with Crippen LogP contribution >= 0.6 is 0 Å². The van der Waals surface area contributed by atoms with Crippen LogP contribution < -0.4 is 0 Å². The van der Waals surface area contributed by atoms with Gasteiger partial charge in [-0.05, 0) is 31.1 Å². The number of hydrogen-bond donors (Lipinski definition) is 1. The summed E-state index contributed by atoms with van der Waals surface area (Å²) in [6, 6.07) is 0. The average Bonchev–Trinajstić information content (AvgIpc) is 2.60. The van der Waals surface area contributed by atoms with Crippen molar-refractivity contribution in [1.29, 1.82) is 0 Å². The molecule has 0 radical (unpaired) electrons. The minimum Gasteiger partial charge on any atom is -0.481 e. The number of carboxylic acids is 1. The molecule has 66 valence electrons. The molecule has 12 heavy (non-hydrogen) atoms. The lowest BCUT2D eigenvalue weighted by atomic mass is 10.1. The van der Waals surface area contributed by atoms with Gasteiger partial charge in [-0.25, -0.2) is 0 Å². The Morgan fingerprint density at radius 3 is 3.00 bits per heavy atom. The summed E-state index contributed by atoms with van der Waals surface area (Å²) in [5.41, 5.74) is 0. The number of allylic oxidation sites excluding steroid dienone is 2. The summed E-state index contributed by atoms with van der Waals surface area (Å²) in [6.45, 7) is 0. The van der Waals surface area contributed by atoms with Gasteiger partial charge in [-0.3, -0.25) is 4.79 Å². The van der Waals surface area contributed by atoms with E-state index < -0.39 is 5.97 Å². The second-order valence-corrected chi connectivity index (χ2v) is 3.82. The van der Waals surface area contributed by atoms with E-state index in [0.717, 1.165) is 12.8 Å². The lowest BCUT2D eigenvalue weighted by molar-refractivity contribution is -0.139. The zero-order valence-corrected chi connectivity index (χ0v) is 7.07. The van der Waals surface area contributed by atoms with E-state index in [1.165, 1.54) is 12.8 Å². The van der Waals surface area contributed by atoms with Gasteiger partial charge in [0.15, 0.2) is 0 Å². The van der Waals surface area contributed by atoms with Crippen molar-refractivity contribution in [2.75, 3.05) is 0 Å². The molecule has 2 rings (SSSR count). The molecule has 0 aromatic carbocycles. The zero-order chi connectivity index (χ0) is 8.55. The molecule has 0 spiro atoms. The van der Waals surface area contributed by atoms with Crippen molar-refractivity contribution in [3.63, 3.8) is 0 Å². The molecule has 0 aliphatic heterocycles. The Bertz CT molecular complexity index is 220. The van der Waals surface area contributed by atoms with Crippen molar-refractivity contribution in [3.8, 4) is 0 Å². The van der Waals surface area contributed by atoms with Crippen molar-refractivity contribution in [1.82, 2.24) is 0 Å². The van der Waals surface area contributed by atoms with Gasteiger partial charge in [-0.2, -0.15) is 0 Å². The third-order valence-corrected chi connectivity index (χ3v) is 3.03. The smallest absolute Gasteiger partial charge is 0.307 e. The number of rotatable bonds is 1. The monoisotopic (exact) mass is 166 g/mol. The maximum atomic E-state index is 10.7. The Hall–Kier alpha value is -0.790. The van der Waals surface area contributed by atoms with Crippen molar-refractivity contribution in [2.45, 2.75) is 25.7 Å². The predicted octanol–water partition coefficient (Wildman–Crippen LogP) is 2.06. The molecule has 0 unspecified atom stereocenters. The standard InChI is InChI=1S/C10H14O2/c11-10(12)9-7-5-3-1-2-4-6-8(7)9/h3,5,7-9H,1-2,4,6H2,(H,11,12)/t7-,8+,9+/m0/s1. The van der Waals surface area contributed by atoms with Crippen LogP contribution in [0.15, 0.2) is 12.2 Å². The molecule has 2 heteroatoms. The van der Waals surface area contributed by atoms with Gasteiger partial charge in [0.1, 0.15) is 0 Å². The Morgan fingerprint density at radius 2 is 2.25 bits per heavy atom. The molecule has 2 aliphatic rings. The van der Waals surface area contributed by atoms with Crippen LogP contribution in [-0.4, -0.2) is 11.1 Å². The molecule has 1 N–H and O–H groups in total. The van der Waals surface area contributed by atoms with Crippen LogP contribution in [0.4, 0.5) is 0 Å². The number of hydrogen-bond acceptors (Lipinski definition) is 1. The third kappa shape index (κ3) is 1.26. The molecule has 3 atom stereocenters. The summed E-state index contributed by atoms with van der Waals surface area (Å²) < 4.78 is 0. The van der Waals surface area contributed by atoms with E-state index in [4.69, 9.17) is 5.11 Å². The summed E-state index contributed by atoms with van der Waals surface area (Å²) >= 11 is 0. The maximum Gasteiger partial charge on any atom is 0.307 e. The summed E-state index contributed by atoms with van der Waals surface area (Å²) in [4.78, 5) is 10.7. The fourth-order valence-corrected chi connectivity index (χ4v) is 2.28. The largest absolute Gasteiger partial charge is 0.481 e. The van der Waals surface area contributed by atoms with E-state index in [1.54, 1.807) is 0 Å². The first-order chi connectivity index (χ1) is 5.80. The minimum absolute atomic E-state index is 0.0562. The molecule has 0 aromatic heterocycles. The van der Waals surface area contributed by atoms with Crippen LogP contribution in [0.3, 0.4) is 0 Å². The normalized spacial score (nSPS) is 39.5. The van der Waals surface area contributed by atoms with E-state index in [0.29, 0.717) is 11.8 Å². The molecule has 2 aliphatic carbocycles. The van der Waals surface area contributed by atoms with Gasteiger partial charge in [-0.1, -0.05) is 18.6 Å². The molecule has 0 amide bonds. The first-order valence-corrected chi connectivity index (χ1v) is 4.70. The summed E-state index contributed by atoms with van der Waals surface area (Å²) in [5.74, 6) is 0.165. The van der Waals surface area contributed by atoms with Crippen molar-refractivity contribution in [2.24, 2.45) is 17.8 Å². The van der Waals surface area contributed by atoms with Gasteiger partial charge in [0.2, 0.25) is 0 Å². The second kappa shape index (κ2) is 2.92. The zero-order valence-electron chi connectivity index (χ0n) is 7.07. The number of carbonyl (C=O) groups is 1. The predicted molar refractivity (Wildman–Crippen MR) is 45.7 cm³/mol. The highest BCUT2D eigenvalue weighted by Crippen LogP contribution is 2.51. The lowest BCUT2D eigenvalue weighted by Crippen LogP contribution is -1.99. The third-order valence-electron chi connectivity index (χ3n) is 3.03. The molecular weight excluding hydrogens is 152 g/mol. The molecular formula is C10H14O2. The van der Waals surface area contributed by atoms with Crippen molar-refractivity contribution < 1.29 is 9.90 Å². The van der Waals surface area contributed by atoms with E-state index in [9.17, 15) is 4.79 Å². The van der Waals surface area contributed by atoms with Gasteiger partial charge in [0.05, 0.1) is 5.92 Å². The van der Waals surface area contributed by atoms with Crippen LogP contribution in [0.25, 0.3) is 0 Å². The summed E-state index contributed by atoms with van der Waals surface area (Å²) in [6.07, 6.45) is 8.95. The Balaban J connectivity index is 2.03. The molecule has 1 fully saturated rings. The summed E-state index contributed by atoms with van der Waals surface area (Å²) in [5, 5.41) is 8.83. The van der Waals surface area contributed by atoms with Gasteiger partial charge in [0, 0.05) is 0 Å². The van der Waals surface area contributed by atoms with Crippen LogP contribution in [-0.2, 0) is 4.79 Å². The first-order valence-electron chi connectivity index (χ1n) is 4.70. The highest BCUT2D eigenvalue weighted by Gasteiger charge is 2.52. The van der Waals surface area contributed by atoms with E-state index >= 15 is 0 Å². The fourth-order valence-electron chi connectivity index (χ4n) is 2.28. The minimum atomic E-state index is -0.600. The van der Waals surface area contributed by atoms with E-state index in [-0.39, 0.29) is 5.92 Å². The van der Waals surface area contributed by atoms with E-state index in [2.05, 4.69) is 12.2 Å². The maximum absolute atomic E-state index is 10.7. The molecule has 0 heterocycles. The van der Waals surface area contributed by atoms with Crippen molar-refractivity contribution >= 4 is 5.97 Å². The number of fused-ring (bicyclic) bond motifs is 1. The van der Waals surface area contributed by atoms with Gasteiger partial charge >= 0.3 is 5.97 Å². The molecule has 0 saturated heterocycles. The molecule has 0 bridgehead atoms. The van der Waals surface area contributed by atoms with Gasteiger partial charge in [0.25, 0.3) is 0 Å². The van der Waals surface area contributed by atoms with Gasteiger partial charge < -0.3 is 5.11 Å². The van der Waals surface area contributed by atoms with Crippen LogP contribution in [0.2, 0.25) is 0 Å².